The van der Waals surface area contributed by atoms with Crippen molar-refractivity contribution in [1.82, 2.24) is 4.90 Å². The Balaban J connectivity index is 1.82. The fourth-order valence-corrected chi connectivity index (χ4v) is 3.84. The smallest absolute Gasteiger partial charge is 0.227 e. The van der Waals surface area contributed by atoms with Crippen LogP contribution >= 0.6 is 0 Å². The zero-order chi connectivity index (χ0) is 19.4. The molecule has 0 radical (unpaired) electrons. The predicted molar refractivity (Wildman–Crippen MR) is 105 cm³/mol. The molecule has 5 nitrogen and oxygen atoms in total. The summed E-state index contributed by atoms with van der Waals surface area (Å²) in [5.41, 5.74) is 3.45. The highest BCUT2D eigenvalue weighted by Gasteiger charge is 2.27. The van der Waals surface area contributed by atoms with Crippen LogP contribution in [0.15, 0.2) is 36.4 Å². The summed E-state index contributed by atoms with van der Waals surface area (Å²) < 4.78 is 16.1. The standard InChI is InChI=1S/C22H27NO4/c1-23(18-11-7-9-16-8-5-6-10-17(16)18)21(24)14-15-12-19(25-2)22(27-4)20(13-15)26-3/h5-6,8,10,12-13,18H,7,9,11,14H2,1-4H3/t18-/m1/s1. The van der Waals surface area contributed by atoms with Gasteiger partial charge in [-0.05, 0) is 48.1 Å². The number of carbonyl (C=O) groups is 1. The van der Waals surface area contributed by atoms with Crippen molar-refractivity contribution in [1.29, 1.82) is 0 Å². The van der Waals surface area contributed by atoms with Gasteiger partial charge in [-0.3, -0.25) is 4.79 Å². The molecule has 3 rings (SSSR count). The van der Waals surface area contributed by atoms with Crippen molar-refractivity contribution in [2.45, 2.75) is 31.7 Å². The van der Waals surface area contributed by atoms with Gasteiger partial charge in [0.25, 0.3) is 0 Å². The summed E-state index contributed by atoms with van der Waals surface area (Å²) in [6, 6.07) is 12.2. The third-order valence-corrected chi connectivity index (χ3v) is 5.28. The average Bonchev–Trinajstić information content (AvgIpc) is 2.71. The van der Waals surface area contributed by atoms with Crippen molar-refractivity contribution < 1.29 is 19.0 Å². The first-order valence-corrected chi connectivity index (χ1v) is 9.21. The molecule has 1 amide bonds. The zero-order valence-electron chi connectivity index (χ0n) is 16.5. The first-order valence-electron chi connectivity index (χ1n) is 9.21. The highest BCUT2D eigenvalue weighted by atomic mass is 16.5. The molecular weight excluding hydrogens is 342 g/mol. The molecule has 144 valence electrons. The molecule has 2 aromatic rings. The summed E-state index contributed by atoms with van der Waals surface area (Å²) in [6.45, 7) is 0. The lowest BCUT2D eigenvalue weighted by Gasteiger charge is -2.33. The van der Waals surface area contributed by atoms with Gasteiger partial charge in [-0.1, -0.05) is 24.3 Å². The van der Waals surface area contributed by atoms with Gasteiger partial charge in [0.05, 0.1) is 33.8 Å². The maximum atomic E-state index is 13.0. The Morgan fingerprint density at radius 3 is 2.37 bits per heavy atom. The number of fused-ring (bicyclic) bond motifs is 1. The maximum absolute atomic E-state index is 13.0. The van der Waals surface area contributed by atoms with E-state index in [1.54, 1.807) is 21.3 Å². The van der Waals surface area contributed by atoms with E-state index < -0.39 is 0 Å². The number of rotatable bonds is 6. The van der Waals surface area contributed by atoms with Gasteiger partial charge < -0.3 is 19.1 Å². The fourth-order valence-electron chi connectivity index (χ4n) is 3.84. The monoisotopic (exact) mass is 369 g/mol. The molecule has 2 aromatic carbocycles. The lowest BCUT2D eigenvalue weighted by molar-refractivity contribution is -0.131. The van der Waals surface area contributed by atoms with Gasteiger partial charge in [0.2, 0.25) is 11.7 Å². The van der Waals surface area contributed by atoms with E-state index in [4.69, 9.17) is 14.2 Å². The van der Waals surface area contributed by atoms with Gasteiger partial charge in [0, 0.05) is 7.05 Å². The highest BCUT2D eigenvalue weighted by Crippen LogP contribution is 2.39. The normalized spacial score (nSPS) is 15.6. The van der Waals surface area contributed by atoms with Gasteiger partial charge in [-0.15, -0.1) is 0 Å². The summed E-state index contributed by atoms with van der Waals surface area (Å²) in [5.74, 6) is 1.73. The number of amides is 1. The molecule has 1 aliphatic carbocycles. The third kappa shape index (κ3) is 3.87. The van der Waals surface area contributed by atoms with Gasteiger partial charge in [-0.25, -0.2) is 0 Å². The number of methoxy groups -OCH3 is 3. The molecule has 1 atom stereocenters. The number of aryl methyl sites for hydroxylation is 1. The van der Waals surface area contributed by atoms with Crippen LogP contribution in [0, 0.1) is 0 Å². The number of nitrogens with zero attached hydrogens (tertiary/aromatic N) is 1. The van der Waals surface area contributed by atoms with E-state index in [9.17, 15) is 4.79 Å². The number of hydrogen-bond acceptors (Lipinski definition) is 4. The Hall–Kier alpha value is -2.69. The summed E-state index contributed by atoms with van der Waals surface area (Å²) in [7, 11) is 6.62. The maximum Gasteiger partial charge on any atom is 0.227 e. The van der Waals surface area contributed by atoms with E-state index in [1.165, 1.54) is 11.1 Å². The molecule has 1 aliphatic rings. The number of likely N-dealkylation sites (N-methyl/N-ethyl adjacent to an activating group) is 1. The Kier molecular flexibility index (Phi) is 5.89. The van der Waals surface area contributed by atoms with Crippen LogP contribution in [-0.4, -0.2) is 39.2 Å². The molecule has 0 heterocycles. The molecule has 0 N–H and O–H groups in total. The van der Waals surface area contributed by atoms with E-state index in [0.29, 0.717) is 17.2 Å². The molecule has 5 heteroatoms. The van der Waals surface area contributed by atoms with E-state index in [-0.39, 0.29) is 18.4 Å². The Morgan fingerprint density at radius 2 is 1.74 bits per heavy atom. The third-order valence-electron chi connectivity index (χ3n) is 5.28. The van der Waals surface area contributed by atoms with Crippen LogP contribution in [0.5, 0.6) is 17.2 Å². The Morgan fingerprint density at radius 1 is 1.07 bits per heavy atom. The van der Waals surface area contributed by atoms with Crippen molar-refractivity contribution in [2.75, 3.05) is 28.4 Å². The van der Waals surface area contributed by atoms with Gasteiger partial charge in [0.1, 0.15) is 0 Å². The number of carbonyl (C=O) groups excluding carboxylic acids is 1. The second kappa shape index (κ2) is 8.33. The van der Waals surface area contributed by atoms with Gasteiger partial charge in [0.15, 0.2) is 11.5 Å². The molecule has 0 aromatic heterocycles. The zero-order valence-corrected chi connectivity index (χ0v) is 16.5. The molecular formula is C22H27NO4. The summed E-state index contributed by atoms with van der Waals surface area (Å²) in [6.07, 6.45) is 3.46. The number of ether oxygens (including phenoxy) is 3. The van der Waals surface area contributed by atoms with Crippen LogP contribution in [0.1, 0.15) is 35.6 Å². The van der Waals surface area contributed by atoms with Crippen molar-refractivity contribution >= 4 is 5.91 Å². The summed E-state index contributed by atoms with van der Waals surface area (Å²) >= 11 is 0. The van der Waals surface area contributed by atoms with Crippen LogP contribution in [0.3, 0.4) is 0 Å². The largest absolute Gasteiger partial charge is 0.493 e. The molecule has 0 spiro atoms. The molecule has 27 heavy (non-hydrogen) atoms. The van der Waals surface area contributed by atoms with Crippen molar-refractivity contribution in [2.24, 2.45) is 0 Å². The SMILES string of the molecule is COc1cc(CC(=O)N(C)[C@@H]2CCCc3ccccc32)cc(OC)c1OC. The number of hydrogen-bond donors (Lipinski definition) is 0. The average molecular weight is 369 g/mol. The predicted octanol–water partition coefficient (Wildman–Crippen LogP) is 3.79. The quantitative estimate of drug-likeness (QED) is 0.777. The fraction of sp³-hybridized carbons (Fsp3) is 0.409. The van der Waals surface area contributed by atoms with E-state index >= 15 is 0 Å². The molecule has 0 saturated carbocycles. The lowest BCUT2D eigenvalue weighted by atomic mass is 9.87. The molecule has 0 fully saturated rings. The molecule has 0 bridgehead atoms. The highest BCUT2D eigenvalue weighted by molar-refractivity contribution is 5.79. The van der Waals surface area contributed by atoms with Crippen molar-refractivity contribution in [3.63, 3.8) is 0 Å². The molecule has 0 unspecified atom stereocenters. The van der Waals surface area contributed by atoms with E-state index in [0.717, 1.165) is 24.8 Å². The lowest BCUT2D eigenvalue weighted by Crippen LogP contribution is -2.34. The van der Waals surface area contributed by atoms with Gasteiger partial charge in [-0.2, -0.15) is 0 Å². The Bertz CT molecular complexity index is 793. The first-order chi connectivity index (χ1) is 13.1. The first kappa shape index (κ1) is 19.1. The summed E-state index contributed by atoms with van der Waals surface area (Å²) in [5, 5.41) is 0. The van der Waals surface area contributed by atoms with Crippen LogP contribution in [0.25, 0.3) is 0 Å². The van der Waals surface area contributed by atoms with Crippen LogP contribution in [-0.2, 0) is 17.6 Å². The van der Waals surface area contributed by atoms with Crippen LogP contribution in [0.4, 0.5) is 0 Å². The molecule has 0 saturated heterocycles. The minimum Gasteiger partial charge on any atom is -0.493 e. The minimum atomic E-state index is 0.0750. The van der Waals surface area contributed by atoms with E-state index in [2.05, 4.69) is 24.3 Å². The van der Waals surface area contributed by atoms with Crippen molar-refractivity contribution in [3.8, 4) is 17.2 Å². The van der Waals surface area contributed by atoms with Crippen molar-refractivity contribution in [3.05, 3.63) is 53.1 Å². The van der Waals surface area contributed by atoms with E-state index in [1.807, 2.05) is 24.1 Å². The van der Waals surface area contributed by atoms with Crippen LogP contribution in [0.2, 0.25) is 0 Å². The number of benzene rings is 2. The summed E-state index contributed by atoms with van der Waals surface area (Å²) in [4.78, 5) is 14.9. The second-order valence-electron chi connectivity index (χ2n) is 6.82. The molecule has 0 aliphatic heterocycles. The topological polar surface area (TPSA) is 48.0 Å². The second-order valence-corrected chi connectivity index (χ2v) is 6.82. The van der Waals surface area contributed by atoms with Gasteiger partial charge >= 0.3 is 0 Å². The van der Waals surface area contributed by atoms with Crippen LogP contribution < -0.4 is 14.2 Å². The minimum absolute atomic E-state index is 0.0750. The Labute approximate surface area is 160 Å².